The first-order valence-corrected chi connectivity index (χ1v) is 12.5. The summed E-state index contributed by atoms with van der Waals surface area (Å²) >= 11 is 1.44. The average Bonchev–Trinajstić information content (AvgIpc) is 2.75. The van der Waals surface area contributed by atoms with Gasteiger partial charge in [-0.2, -0.15) is 0 Å². The molecule has 0 bridgehead atoms. The van der Waals surface area contributed by atoms with Crippen LogP contribution >= 0.6 is 11.8 Å². The molecule has 1 aliphatic rings. The lowest BCUT2D eigenvalue weighted by molar-refractivity contribution is -0.120. The molecule has 30 heavy (non-hydrogen) atoms. The van der Waals surface area contributed by atoms with Crippen LogP contribution in [0.1, 0.15) is 38.2 Å². The van der Waals surface area contributed by atoms with Crippen LogP contribution in [0, 0.1) is 0 Å². The third-order valence-electron chi connectivity index (χ3n) is 5.07. The fourth-order valence-electron chi connectivity index (χ4n) is 3.19. The van der Waals surface area contributed by atoms with Crippen molar-refractivity contribution in [1.29, 1.82) is 0 Å². The number of sulfone groups is 1. The quantitative estimate of drug-likeness (QED) is 0.646. The maximum Gasteiger partial charge on any atom is 0.237 e. The van der Waals surface area contributed by atoms with Gasteiger partial charge in [-0.15, -0.1) is 11.8 Å². The summed E-state index contributed by atoms with van der Waals surface area (Å²) in [6.07, 6.45) is 0.591. The lowest BCUT2D eigenvalue weighted by Crippen LogP contribution is -2.29. The number of anilines is 1. The van der Waals surface area contributed by atoms with Gasteiger partial charge in [-0.3, -0.25) is 9.59 Å². The van der Waals surface area contributed by atoms with Crippen molar-refractivity contribution in [2.24, 2.45) is 0 Å². The topological polar surface area (TPSA) is 92.3 Å². The number of hydrogen-bond donors (Lipinski definition) is 2. The van der Waals surface area contributed by atoms with E-state index < -0.39 is 9.84 Å². The minimum atomic E-state index is -3.64. The summed E-state index contributed by atoms with van der Waals surface area (Å²) in [7, 11) is -3.64. The average molecular weight is 447 g/mol. The Morgan fingerprint density at radius 1 is 1.20 bits per heavy atom. The first-order chi connectivity index (χ1) is 14.3. The molecule has 0 saturated carbocycles. The minimum absolute atomic E-state index is 0.111. The Balaban J connectivity index is 1.57. The highest BCUT2D eigenvalue weighted by molar-refractivity contribution is 8.01. The summed E-state index contributed by atoms with van der Waals surface area (Å²) in [5.74, 6) is -0.554. The molecule has 6 nitrogen and oxygen atoms in total. The minimum Gasteiger partial charge on any atom is -0.355 e. The van der Waals surface area contributed by atoms with Crippen LogP contribution in [0.15, 0.2) is 58.3 Å². The van der Waals surface area contributed by atoms with Gasteiger partial charge in [-0.05, 0) is 36.1 Å². The summed E-state index contributed by atoms with van der Waals surface area (Å²) in [6, 6.07) is 14.6. The number of thioether (sulfide) groups is 1. The third-order valence-corrected chi connectivity index (χ3v) is 8.23. The Bertz CT molecular complexity index is 1020. The molecular weight excluding hydrogens is 420 g/mol. The predicted molar refractivity (Wildman–Crippen MR) is 120 cm³/mol. The number of hydrogen-bond acceptors (Lipinski definition) is 5. The zero-order valence-electron chi connectivity index (χ0n) is 17.1. The highest BCUT2D eigenvalue weighted by atomic mass is 32.2. The molecule has 8 heteroatoms. The van der Waals surface area contributed by atoms with Crippen LogP contribution in [0.5, 0.6) is 0 Å². The Morgan fingerprint density at radius 3 is 2.63 bits per heavy atom. The number of rotatable bonds is 8. The van der Waals surface area contributed by atoms with Crippen molar-refractivity contribution in [3.8, 4) is 0 Å². The summed E-state index contributed by atoms with van der Waals surface area (Å²) in [5, 5.41) is 5.43. The van der Waals surface area contributed by atoms with Crippen LogP contribution in [-0.4, -0.2) is 37.8 Å². The molecule has 3 rings (SSSR count). The maximum atomic E-state index is 12.7. The highest BCUT2D eigenvalue weighted by Crippen LogP contribution is 2.38. The van der Waals surface area contributed by atoms with Crippen LogP contribution in [-0.2, 0) is 19.4 Å². The molecule has 0 unspecified atom stereocenters. The molecule has 2 N–H and O–H groups in total. The number of amides is 2. The van der Waals surface area contributed by atoms with Crippen LogP contribution < -0.4 is 10.6 Å². The Labute approximate surface area is 181 Å². The van der Waals surface area contributed by atoms with Gasteiger partial charge in [0.05, 0.1) is 21.6 Å². The van der Waals surface area contributed by atoms with E-state index in [1.807, 2.05) is 44.2 Å². The normalized spacial score (nSPS) is 17.0. The molecule has 1 aliphatic heterocycles. The summed E-state index contributed by atoms with van der Waals surface area (Å²) < 4.78 is 25.4. The van der Waals surface area contributed by atoms with Crippen molar-refractivity contribution in [3.63, 3.8) is 0 Å². The summed E-state index contributed by atoms with van der Waals surface area (Å²) in [4.78, 5) is 25.2. The van der Waals surface area contributed by atoms with Crippen molar-refractivity contribution in [1.82, 2.24) is 5.32 Å². The van der Waals surface area contributed by atoms with E-state index in [4.69, 9.17) is 0 Å². The molecule has 0 radical (unpaired) electrons. The highest BCUT2D eigenvalue weighted by Gasteiger charge is 2.27. The van der Waals surface area contributed by atoms with Crippen LogP contribution in [0.25, 0.3) is 0 Å². The number of carbonyl (C=O) groups excluding carboxylic acids is 2. The van der Waals surface area contributed by atoms with Crippen LogP contribution in [0.3, 0.4) is 0 Å². The van der Waals surface area contributed by atoms with Crippen molar-refractivity contribution < 1.29 is 18.0 Å². The van der Waals surface area contributed by atoms with Gasteiger partial charge in [0.1, 0.15) is 0 Å². The van der Waals surface area contributed by atoms with E-state index in [0.717, 1.165) is 10.5 Å². The molecule has 0 aromatic heterocycles. The van der Waals surface area contributed by atoms with Crippen molar-refractivity contribution in [2.45, 2.75) is 47.6 Å². The Morgan fingerprint density at radius 2 is 1.93 bits per heavy atom. The summed E-state index contributed by atoms with van der Waals surface area (Å²) in [5.41, 5.74) is 1.63. The first kappa shape index (κ1) is 22.4. The van der Waals surface area contributed by atoms with E-state index in [2.05, 4.69) is 10.6 Å². The molecule has 2 atom stereocenters. The fourth-order valence-corrected chi connectivity index (χ4v) is 5.48. The van der Waals surface area contributed by atoms with Crippen molar-refractivity contribution in [3.05, 3.63) is 54.1 Å². The molecule has 0 fully saturated rings. The van der Waals surface area contributed by atoms with E-state index in [1.165, 1.54) is 17.8 Å². The lowest BCUT2D eigenvalue weighted by atomic mass is 10.0. The smallest absolute Gasteiger partial charge is 0.237 e. The van der Waals surface area contributed by atoms with E-state index in [0.29, 0.717) is 18.7 Å². The van der Waals surface area contributed by atoms with E-state index in [-0.39, 0.29) is 40.1 Å². The molecule has 1 heterocycles. The second kappa shape index (κ2) is 9.66. The van der Waals surface area contributed by atoms with Gasteiger partial charge in [-0.25, -0.2) is 8.42 Å². The molecule has 160 valence electrons. The SMILES string of the molecule is CC[C@@H]1Sc2ccc(S(=O)(=O)CCC(=O)NC[C@@H](C)c3ccccc3)cc2NC1=O. The molecule has 2 aromatic carbocycles. The molecule has 2 amide bonds. The van der Waals surface area contributed by atoms with Gasteiger partial charge < -0.3 is 10.6 Å². The van der Waals surface area contributed by atoms with E-state index >= 15 is 0 Å². The lowest BCUT2D eigenvalue weighted by Gasteiger charge is -2.23. The van der Waals surface area contributed by atoms with Crippen LogP contribution in [0.2, 0.25) is 0 Å². The Kier molecular flexibility index (Phi) is 7.20. The van der Waals surface area contributed by atoms with Gasteiger partial charge in [0.15, 0.2) is 9.84 Å². The second-order valence-corrected chi connectivity index (χ2v) is 10.7. The molecule has 0 aliphatic carbocycles. The maximum absolute atomic E-state index is 12.7. The van der Waals surface area contributed by atoms with Crippen molar-refractivity contribution in [2.75, 3.05) is 17.6 Å². The molecule has 0 saturated heterocycles. The predicted octanol–water partition coefficient (Wildman–Crippen LogP) is 3.59. The zero-order chi connectivity index (χ0) is 21.7. The third kappa shape index (κ3) is 5.43. The first-order valence-electron chi connectivity index (χ1n) is 9.96. The monoisotopic (exact) mass is 446 g/mol. The standard InChI is InChI=1S/C22H26N2O4S2/c1-3-19-22(26)24-18-13-17(9-10-20(18)29-19)30(27,28)12-11-21(25)23-14-15(2)16-7-5-4-6-8-16/h4-10,13,15,19H,3,11-12,14H2,1-2H3,(H,23,25)(H,24,26)/t15-,19+/m1/s1. The number of fused-ring (bicyclic) bond motifs is 1. The summed E-state index contributed by atoms with van der Waals surface area (Å²) in [6.45, 7) is 4.39. The number of benzene rings is 2. The Hall–Kier alpha value is -2.32. The molecule has 0 spiro atoms. The molecular formula is C22H26N2O4S2. The largest absolute Gasteiger partial charge is 0.355 e. The van der Waals surface area contributed by atoms with Crippen molar-refractivity contribution >= 4 is 39.1 Å². The van der Waals surface area contributed by atoms with Gasteiger partial charge >= 0.3 is 0 Å². The number of nitrogens with one attached hydrogen (secondary N) is 2. The van der Waals surface area contributed by atoms with E-state index in [1.54, 1.807) is 12.1 Å². The van der Waals surface area contributed by atoms with Gasteiger partial charge in [0, 0.05) is 17.9 Å². The van der Waals surface area contributed by atoms with Crippen LogP contribution in [0.4, 0.5) is 5.69 Å². The van der Waals surface area contributed by atoms with Gasteiger partial charge in [0.25, 0.3) is 0 Å². The second-order valence-electron chi connectivity index (χ2n) is 7.35. The van der Waals surface area contributed by atoms with E-state index in [9.17, 15) is 18.0 Å². The van der Waals surface area contributed by atoms with Gasteiger partial charge in [0.2, 0.25) is 11.8 Å². The fraction of sp³-hybridized carbons (Fsp3) is 0.364. The van der Waals surface area contributed by atoms with Gasteiger partial charge in [-0.1, -0.05) is 44.2 Å². The number of carbonyl (C=O) groups is 2. The zero-order valence-corrected chi connectivity index (χ0v) is 18.7. The molecule has 2 aromatic rings.